The molecule has 3 N–H and O–H groups in total. The molecular formula is C20H30ClN3O2. The molecule has 1 fully saturated rings. The molecule has 0 aliphatic carbocycles. The lowest BCUT2D eigenvalue weighted by molar-refractivity contribution is -0.121. The first-order valence-electron chi connectivity index (χ1n) is 9.27. The maximum atomic E-state index is 11.7. The summed E-state index contributed by atoms with van der Waals surface area (Å²) in [7, 11) is 0. The molecular weight excluding hydrogens is 350 g/mol. The van der Waals surface area contributed by atoms with Crippen molar-refractivity contribution in [3.63, 3.8) is 0 Å². The van der Waals surface area contributed by atoms with Crippen molar-refractivity contribution >= 4 is 29.3 Å². The smallest absolute Gasteiger partial charge is 0.221 e. The van der Waals surface area contributed by atoms with Gasteiger partial charge in [-0.15, -0.1) is 12.4 Å². The van der Waals surface area contributed by atoms with Crippen LogP contribution in [0.2, 0.25) is 0 Å². The maximum absolute atomic E-state index is 11.7. The Balaban J connectivity index is 0.00000243. The minimum Gasteiger partial charge on any atom is -0.460 e. The van der Waals surface area contributed by atoms with Crippen LogP contribution in [0.1, 0.15) is 42.6 Å². The summed E-state index contributed by atoms with van der Waals surface area (Å²) in [5.74, 6) is 1.04. The highest BCUT2D eigenvalue weighted by molar-refractivity contribution is 5.85. The molecule has 1 amide bonds. The zero-order chi connectivity index (χ0) is 17.8. The number of carbonyl (C=O) groups is 1. The van der Waals surface area contributed by atoms with Crippen molar-refractivity contribution in [2.45, 2.75) is 52.1 Å². The van der Waals surface area contributed by atoms with Crippen LogP contribution in [-0.2, 0) is 11.3 Å². The minimum absolute atomic E-state index is 0. The summed E-state index contributed by atoms with van der Waals surface area (Å²) in [6.07, 6.45) is 3.93. The van der Waals surface area contributed by atoms with E-state index in [4.69, 9.17) is 10.2 Å². The Morgan fingerprint density at radius 1 is 1.27 bits per heavy atom. The van der Waals surface area contributed by atoms with Gasteiger partial charge < -0.3 is 15.5 Å². The van der Waals surface area contributed by atoms with Gasteiger partial charge in [-0.3, -0.25) is 9.69 Å². The summed E-state index contributed by atoms with van der Waals surface area (Å²) in [4.78, 5) is 14.1. The molecule has 2 heterocycles. The number of hydrogen-bond donors (Lipinski definition) is 2. The van der Waals surface area contributed by atoms with Gasteiger partial charge in [0.1, 0.15) is 11.3 Å². The third-order valence-corrected chi connectivity index (χ3v) is 5.20. The van der Waals surface area contributed by atoms with E-state index in [-0.39, 0.29) is 18.3 Å². The number of amides is 1. The van der Waals surface area contributed by atoms with Crippen molar-refractivity contribution in [1.29, 1.82) is 0 Å². The van der Waals surface area contributed by atoms with Crippen LogP contribution in [0.4, 0.5) is 0 Å². The van der Waals surface area contributed by atoms with Gasteiger partial charge in [0.05, 0.1) is 6.54 Å². The molecule has 3 rings (SSSR count). The Morgan fingerprint density at radius 2 is 2.04 bits per heavy atom. The number of nitrogens with zero attached hydrogens (tertiary/aromatic N) is 1. The van der Waals surface area contributed by atoms with E-state index >= 15 is 0 Å². The molecule has 0 radical (unpaired) electrons. The van der Waals surface area contributed by atoms with Gasteiger partial charge >= 0.3 is 0 Å². The standard InChI is InChI=1S/C20H29N3O2.ClH/c1-14-9-16-11-18(25-19(16)10-15(14)2)13-23-8-4-3-5-17(23)12-22-20(24)6-7-21;/h9-11,17H,3-8,12-13,21H2,1-2H3,(H,22,24);1H. The monoisotopic (exact) mass is 379 g/mol. The summed E-state index contributed by atoms with van der Waals surface area (Å²) >= 11 is 0. The second kappa shape index (κ2) is 9.40. The average Bonchev–Trinajstić information content (AvgIpc) is 2.96. The lowest BCUT2D eigenvalue weighted by Crippen LogP contribution is -2.46. The van der Waals surface area contributed by atoms with Crippen LogP contribution in [0.3, 0.4) is 0 Å². The molecule has 1 aromatic heterocycles. The van der Waals surface area contributed by atoms with E-state index in [0.29, 0.717) is 25.6 Å². The Kier molecular flexibility index (Phi) is 7.50. The highest BCUT2D eigenvalue weighted by atomic mass is 35.5. The highest BCUT2D eigenvalue weighted by Crippen LogP contribution is 2.26. The SMILES string of the molecule is Cc1cc2cc(CN3CCCCC3CNC(=O)CCN)oc2cc1C.Cl. The van der Waals surface area contributed by atoms with Crippen LogP contribution in [-0.4, -0.2) is 36.5 Å². The highest BCUT2D eigenvalue weighted by Gasteiger charge is 2.24. The number of hydrogen-bond acceptors (Lipinski definition) is 4. The molecule has 1 aliphatic rings. The molecule has 1 aliphatic heterocycles. The van der Waals surface area contributed by atoms with Gasteiger partial charge in [0.15, 0.2) is 0 Å². The van der Waals surface area contributed by atoms with Crippen LogP contribution >= 0.6 is 12.4 Å². The van der Waals surface area contributed by atoms with Crippen LogP contribution in [0, 0.1) is 13.8 Å². The zero-order valence-corrected chi connectivity index (χ0v) is 16.5. The second-order valence-electron chi connectivity index (χ2n) is 7.15. The van der Waals surface area contributed by atoms with Crippen molar-refractivity contribution in [1.82, 2.24) is 10.2 Å². The number of piperidine rings is 1. The van der Waals surface area contributed by atoms with E-state index in [0.717, 1.165) is 30.9 Å². The van der Waals surface area contributed by atoms with Gasteiger partial charge in [0, 0.05) is 30.9 Å². The normalized spacial score (nSPS) is 17.9. The quantitative estimate of drug-likeness (QED) is 0.807. The molecule has 0 bridgehead atoms. The summed E-state index contributed by atoms with van der Waals surface area (Å²) in [6.45, 7) is 7.18. The second-order valence-corrected chi connectivity index (χ2v) is 7.15. The van der Waals surface area contributed by atoms with Gasteiger partial charge in [0.25, 0.3) is 0 Å². The van der Waals surface area contributed by atoms with Gasteiger partial charge in [-0.05, 0) is 62.6 Å². The number of furan rings is 1. The Morgan fingerprint density at radius 3 is 2.81 bits per heavy atom. The first-order valence-corrected chi connectivity index (χ1v) is 9.27. The maximum Gasteiger partial charge on any atom is 0.221 e. The molecule has 1 aromatic carbocycles. The molecule has 5 nitrogen and oxygen atoms in total. The van der Waals surface area contributed by atoms with Crippen molar-refractivity contribution in [3.8, 4) is 0 Å². The first kappa shape index (κ1) is 20.7. The van der Waals surface area contributed by atoms with Crippen LogP contribution in [0.5, 0.6) is 0 Å². The number of nitrogens with one attached hydrogen (secondary N) is 1. The number of likely N-dealkylation sites (tertiary alicyclic amines) is 1. The molecule has 6 heteroatoms. The van der Waals surface area contributed by atoms with E-state index < -0.39 is 0 Å². The van der Waals surface area contributed by atoms with E-state index in [1.54, 1.807) is 0 Å². The number of carbonyl (C=O) groups excluding carboxylic acids is 1. The largest absolute Gasteiger partial charge is 0.460 e. The fourth-order valence-corrected chi connectivity index (χ4v) is 3.59. The lowest BCUT2D eigenvalue weighted by Gasteiger charge is -2.35. The van der Waals surface area contributed by atoms with Crippen molar-refractivity contribution in [2.75, 3.05) is 19.6 Å². The molecule has 0 spiro atoms. The average molecular weight is 380 g/mol. The number of aryl methyl sites for hydroxylation is 2. The van der Waals surface area contributed by atoms with Crippen LogP contribution < -0.4 is 11.1 Å². The Bertz CT molecular complexity index is 705. The van der Waals surface area contributed by atoms with Gasteiger partial charge in [-0.2, -0.15) is 0 Å². The predicted molar refractivity (Wildman–Crippen MR) is 108 cm³/mol. The Labute approximate surface area is 161 Å². The third-order valence-electron chi connectivity index (χ3n) is 5.20. The molecule has 0 saturated carbocycles. The molecule has 1 unspecified atom stereocenters. The number of benzene rings is 1. The number of fused-ring (bicyclic) bond motifs is 1. The topological polar surface area (TPSA) is 71.5 Å². The fraction of sp³-hybridized carbons (Fsp3) is 0.550. The molecule has 1 atom stereocenters. The van der Waals surface area contributed by atoms with E-state index in [9.17, 15) is 4.79 Å². The predicted octanol–water partition coefficient (Wildman–Crippen LogP) is 3.29. The number of nitrogens with two attached hydrogens (primary N) is 1. The van der Waals surface area contributed by atoms with E-state index in [2.05, 4.69) is 42.3 Å². The van der Waals surface area contributed by atoms with E-state index in [1.807, 2.05) is 0 Å². The van der Waals surface area contributed by atoms with Gasteiger partial charge in [0.2, 0.25) is 5.91 Å². The van der Waals surface area contributed by atoms with Gasteiger partial charge in [-0.25, -0.2) is 0 Å². The van der Waals surface area contributed by atoms with Crippen LogP contribution in [0.25, 0.3) is 11.0 Å². The van der Waals surface area contributed by atoms with Crippen molar-refractivity contribution in [3.05, 3.63) is 35.1 Å². The first-order chi connectivity index (χ1) is 12.1. The van der Waals surface area contributed by atoms with Gasteiger partial charge in [-0.1, -0.05) is 6.42 Å². The summed E-state index contributed by atoms with van der Waals surface area (Å²) in [5.41, 5.74) is 8.95. The van der Waals surface area contributed by atoms with Crippen LogP contribution in [0.15, 0.2) is 22.6 Å². The lowest BCUT2D eigenvalue weighted by atomic mass is 10.0. The van der Waals surface area contributed by atoms with Crippen molar-refractivity contribution < 1.29 is 9.21 Å². The summed E-state index contributed by atoms with van der Waals surface area (Å²) in [5, 5.41) is 4.19. The Hall–Kier alpha value is -1.56. The molecule has 1 saturated heterocycles. The zero-order valence-electron chi connectivity index (χ0n) is 15.7. The minimum atomic E-state index is 0. The fourth-order valence-electron chi connectivity index (χ4n) is 3.59. The molecule has 26 heavy (non-hydrogen) atoms. The number of halogens is 1. The van der Waals surface area contributed by atoms with E-state index in [1.165, 1.54) is 29.4 Å². The van der Waals surface area contributed by atoms with Crippen molar-refractivity contribution in [2.24, 2.45) is 5.73 Å². The molecule has 144 valence electrons. The number of rotatable bonds is 6. The summed E-state index contributed by atoms with van der Waals surface area (Å²) in [6, 6.07) is 6.83. The third kappa shape index (κ3) is 5.00. The molecule has 2 aromatic rings. The summed E-state index contributed by atoms with van der Waals surface area (Å²) < 4.78 is 6.07.